The van der Waals surface area contributed by atoms with Crippen LogP contribution in [0.3, 0.4) is 0 Å². The zero-order valence-corrected chi connectivity index (χ0v) is 7.80. The van der Waals surface area contributed by atoms with Gasteiger partial charge in [-0.25, -0.2) is 9.78 Å². The number of carbonyl (C=O) groups is 1. The number of carboxylic acid groups (broad SMARTS) is 1. The van der Waals surface area contributed by atoms with E-state index < -0.39 is 5.97 Å². The lowest BCUT2D eigenvalue weighted by atomic mass is 10.5. The molecule has 0 unspecified atom stereocenters. The summed E-state index contributed by atoms with van der Waals surface area (Å²) in [5.41, 5.74) is 0.326. The summed E-state index contributed by atoms with van der Waals surface area (Å²) in [4.78, 5) is 18.5. The molecule has 0 saturated carbocycles. The van der Waals surface area contributed by atoms with E-state index in [1.54, 1.807) is 7.05 Å². The number of hydrogen-bond donors (Lipinski definition) is 3. The number of anilines is 1. The molecule has 0 amide bonds. The summed E-state index contributed by atoms with van der Waals surface area (Å²) in [5.74, 6) is -1.06. The van der Waals surface area contributed by atoms with E-state index in [2.05, 4.69) is 15.3 Å². The van der Waals surface area contributed by atoms with Gasteiger partial charge in [0, 0.05) is 7.05 Å². The average molecular weight is 208 g/mol. The van der Waals surface area contributed by atoms with Crippen molar-refractivity contribution in [2.75, 3.05) is 12.4 Å². The van der Waals surface area contributed by atoms with Crippen LogP contribution in [0.15, 0.2) is 12.4 Å². The van der Waals surface area contributed by atoms with Crippen molar-refractivity contribution in [2.45, 2.75) is 0 Å². The highest BCUT2D eigenvalue weighted by Gasteiger charge is 2.14. The molecule has 0 radical (unpaired) electrons. The maximum Gasteiger partial charge on any atom is 0.354 e. The van der Waals surface area contributed by atoms with Crippen LogP contribution in [-0.2, 0) is 0 Å². The molecule has 2 aromatic rings. The Morgan fingerprint density at radius 2 is 2.33 bits per heavy atom. The Morgan fingerprint density at radius 1 is 1.60 bits per heavy atom. The topological polar surface area (TPSA) is 99.8 Å². The number of rotatable bonds is 2. The molecule has 0 aliphatic carbocycles. The largest absolute Gasteiger partial charge is 0.492 e. The van der Waals surface area contributed by atoms with Crippen molar-refractivity contribution in [2.24, 2.45) is 0 Å². The number of fused-ring (bicyclic) bond motifs is 1. The molecular formula is C8H8N4O3. The fourth-order valence-electron chi connectivity index (χ4n) is 1.30. The maximum absolute atomic E-state index is 10.8. The summed E-state index contributed by atoms with van der Waals surface area (Å²) in [6.07, 6.45) is 2.41. The maximum atomic E-state index is 10.8. The van der Waals surface area contributed by atoms with Gasteiger partial charge in [0.05, 0.1) is 12.4 Å². The number of aromatic carboxylic acids is 1. The second kappa shape index (κ2) is 3.12. The van der Waals surface area contributed by atoms with Crippen LogP contribution in [0.1, 0.15) is 10.5 Å². The predicted molar refractivity (Wildman–Crippen MR) is 51.2 cm³/mol. The first-order valence-electron chi connectivity index (χ1n) is 4.11. The van der Waals surface area contributed by atoms with E-state index in [1.165, 1.54) is 16.8 Å². The molecule has 2 rings (SSSR count). The normalized spacial score (nSPS) is 10.5. The summed E-state index contributed by atoms with van der Waals surface area (Å²) in [6, 6.07) is 0. The molecule has 0 bridgehead atoms. The van der Waals surface area contributed by atoms with E-state index in [0.29, 0.717) is 11.5 Å². The molecule has 2 aromatic heterocycles. The summed E-state index contributed by atoms with van der Waals surface area (Å²) in [5, 5.41) is 20.8. The molecule has 7 nitrogen and oxygen atoms in total. The Kier molecular flexibility index (Phi) is 1.93. The number of carboxylic acids is 1. The minimum Gasteiger partial charge on any atom is -0.492 e. The van der Waals surface area contributed by atoms with Gasteiger partial charge < -0.3 is 15.5 Å². The van der Waals surface area contributed by atoms with Crippen LogP contribution >= 0.6 is 0 Å². The van der Waals surface area contributed by atoms with E-state index in [0.717, 1.165) is 0 Å². The van der Waals surface area contributed by atoms with Crippen molar-refractivity contribution in [3.8, 4) is 5.88 Å². The number of hydrogen-bond acceptors (Lipinski definition) is 5. The van der Waals surface area contributed by atoms with Gasteiger partial charge >= 0.3 is 5.97 Å². The second-order valence-corrected chi connectivity index (χ2v) is 2.84. The van der Waals surface area contributed by atoms with Crippen LogP contribution in [0.2, 0.25) is 0 Å². The first kappa shape index (κ1) is 9.25. The summed E-state index contributed by atoms with van der Waals surface area (Å²) in [6.45, 7) is 0. The van der Waals surface area contributed by atoms with Crippen molar-refractivity contribution < 1.29 is 15.0 Å². The van der Waals surface area contributed by atoms with Crippen molar-refractivity contribution in [3.63, 3.8) is 0 Å². The second-order valence-electron chi connectivity index (χ2n) is 2.84. The summed E-state index contributed by atoms with van der Waals surface area (Å²) >= 11 is 0. The monoisotopic (exact) mass is 208 g/mol. The van der Waals surface area contributed by atoms with Crippen LogP contribution in [-0.4, -0.2) is 37.6 Å². The summed E-state index contributed by atoms with van der Waals surface area (Å²) in [7, 11) is 1.61. The SMILES string of the molecule is CNc1nc(O)cn2c(C(=O)O)cnc12. The molecule has 7 heteroatoms. The van der Waals surface area contributed by atoms with E-state index in [1.807, 2.05) is 0 Å². The third-order valence-electron chi connectivity index (χ3n) is 1.94. The van der Waals surface area contributed by atoms with Gasteiger partial charge in [-0.15, -0.1) is 0 Å². The Balaban J connectivity index is 2.80. The molecule has 3 N–H and O–H groups in total. The number of nitrogens with zero attached hydrogens (tertiary/aromatic N) is 3. The van der Waals surface area contributed by atoms with E-state index in [9.17, 15) is 9.90 Å². The third kappa shape index (κ3) is 1.33. The van der Waals surface area contributed by atoms with Gasteiger partial charge in [0.2, 0.25) is 5.88 Å². The smallest absolute Gasteiger partial charge is 0.354 e. The van der Waals surface area contributed by atoms with Gasteiger partial charge in [0.1, 0.15) is 0 Å². The van der Waals surface area contributed by atoms with Crippen molar-refractivity contribution in [3.05, 3.63) is 18.1 Å². The Labute approximate surface area is 84.0 Å². The zero-order valence-electron chi connectivity index (χ0n) is 7.80. The highest BCUT2D eigenvalue weighted by atomic mass is 16.4. The van der Waals surface area contributed by atoms with Crippen molar-refractivity contribution >= 4 is 17.4 Å². The Bertz CT molecular complexity index is 534. The first-order valence-corrected chi connectivity index (χ1v) is 4.11. The molecule has 78 valence electrons. The number of aromatic hydroxyl groups is 1. The Morgan fingerprint density at radius 3 is 2.93 bits per heavy atom. The predicted octanol–water partition coefficient (Wildman–Crippen LogP) is 0.175. The molecule has 0 spiro atoms. The average Bonchev–Trinajstić information content (AvgIpc) is 2.59. The van der Waals surface area contributed by atoms with Crippen LogP contribution in [0, 0.1) is 0 Å². The number of imidazole rings is 1. The lowest BCUT2D eigenvalue weighted by Gasteiger charge is -2.03. The lowest BCUT2D eigenvalue weighted by molar-refractivity contribution is 0.0689. The first-order chi connectivity index (χ1) is 7.13. The number of nitrogens with one attached hydrogen (secondary N) is 1. The van der Waals surface area contributed by atoms with Crippen LogP contribution in [0.25, 0.3) is 5.65 Å². The summed E-state index contributed by atoms with van der Waals surface area (Å²) < 4.78 is 1.26. The van der Waals surface area contributed by atoms with Gasteiger partial charge in [-0.05, 0) is 0 Å². The van der Waals surface area contributed by atoms with E-state index >= 15 is 0 Å². The highest BCUT2D eigenvalue weighted by Crippen LogP contribution is 2.18. The lowest BCUT2D eigenvalue weighted by Crippen LogP contribution is -2.03. The van der Waals surface area contributed by atoms with Crippen molar-refractivity contribution in [1.29, 1.82) is 0 Å². The molecule has 15 heavy (non-hydrogen) atoms. The highest BCUT2D eigenvalue weighted by molar-refractivity contribution is 5.87. The molecule has 0 saturated heterocycles. The molecule has 0 fully saturated rings. The van der Waals surface area contributed by atoms with Gasteiger partial charge in [-0.2, -0.15) is 4.98 Å². The van der Waals surface area contributed by atoms with Gasteiger partial charge in [0.15, 0.2) is 17.2 Å². The van der Waals surface area contributed by atoms with Crippen LogP contribution in [0.5, 0.6) is 5.88 Å². The van der Waals surface area contributed by atoms with Crippen molar-refractivity contribution in [1.82, 2.24) is 14.4 Å². The van der Waals surface area contributed by atoms with Crippen LogP contribution < -0.4 is 5.32 Å². The minimum absolute atomic E-state index is 0.0285. The van der Waals surface area contributed by atoms with E-state index in [4.69, 9.17) is 5.11 Å². The van der Waals surface area contributed by atoms with Crippen LogP contribution in [0.4, 0.5) is 5.82 Å². The van der Waals surface area contributed by atoms with E-state index in [-0.39, 0.29) is 11.6 Å². The molecule has 2 heterocycles. The molecule has 0 atom stereocenters. The molecule has 0 aliphatic rings. The Hall–Kier alpha value is -2.31. The fourth-order valence-corrected chi connectivity index (χ4v) is 1.30. The van der Waals surface area contributed by atoms with Gasteiger partial charge in [-0.1, -0.05) is 0 Å². The molecule has 0 aliphatic heterocycles. The molecule has 0 aromatic carbocycles. The zero-order chi connectivity index (χ0) is 11.0. The number of aromatic nitrogens is 3. The van der Waals surface area contributed by atoms with Gasteiger partial charge in [0.25, 0.3) is 0 Å². The quantitative estimate of drug-likeness (QED) is 0.650. The third-order valence-corrected chi connectivity index (χ3v) is 1.94. The fraction of sp³-hybridized carbons (Fsp3) is 0.125. The van der Waals surface area contributed by atoms with Gasteiger partial charge in [-0.3, -0.25) is 4.40 Å². The standard InChI is InChI=1S/C8H8N4O3/c1-9-6-7-10-2-4(8(14)15)12(7)3-5(13)11-6/h2-3,13H,1H3,(H,9,11)(H,14,15). The minimum atomic E-state index is -1.12. The molecular weight excluding hydrogens is 200 g/mol.